The first-order valence-corrected chi connectivity index (χ1v) is 9.79. The lowest BCUT2D eigenvalue weighted by molar-refractivity contribution is -0.158. The Labute approximate surface area is 154 Å². The van der Waals surface area contributed by atoms with E-state index in [0.29, 0.717) is 18.7 Å². The quantitative estimate of drug-likeness (QED) is 0.480. The zero-order chi connectivity index (χ0) is 19.7. The minimum Gasteiger partial charge on any atom is -0.460 e. The first kappa shape index (κ1) is 21.9. The maximum absolute atomic E-state index is 12.4. The molecule has 0 atom stereocenters. The van der Waals surface area contributed by atoms with E-state index in [4.69, 9.17) is 9.47 Å². The van der Waals surface area contributed by atoms with Crippen molar-refractivity contribution in [3.05, 3.63) is 35.9 Å². The number of carbonyl (C=O) groups is 2. The SMILES string of the molecule is CCN(CC)S(=O)(=O)c1ccc(/C=C/C(=O)OCC(=O)OC(C)C)cc1. The Morgan fingerprint density at radius 3 is 2.19 bits per heavy atom. The van der Waals surface area contributed by atoms with Crippen LogP contribution in [0.5, 0.6) is 0 Å². The molecule has 0 N–H and O–H groups in total. The summed E-state index contributed by atoms with van der Waals surface area (Å²) in [6.45, 7) is 7.29. The van der Waals surface area contributed by atoms with Gasteiger partial charge in [0.1, 0.15) is 0 Å². The van der Waals surface area contributed by atoms with E-state index in [1.54, 1.807) is 39.8 Å². The summed E-state index contributed by atoms with van der Waals surface area (Å²) in [4.78, 5) is 23.1. The van der Waals surface area contributed by atoms with Crippen molar-refractivity contribution in [2.45, 2.75) is 38.7 Å². The van der Waals surface area contributed by atoms with Gasteiger partial charge in [-0.2, -0.15) is 4.31 Å². The Bertz CT molecular complexity index is 733. The Balaban J connectivity index is 2.68. The normalized spacial score (nSPS) is 11.9. The minimum atomic E-state index is -3.51. The van der Waals surface area contributed by atoms with Crippen LogP contribution in [0.4, 0.5) is 0 Å². The standard InChI is InChI=1S/C18H25NO6S/c1-5-19(6-2)26(22,23)16-10-7-15(8-11-16)9-12-17(20)24-13-18(21)25-14(3)4/h7-12,14H,5-6,13H2,1-4H3/b12-9+. The molecule has 0 heterocycles. The van der Waals surface area contributed by atoms with Crippen molar-refractivity contribution in [3.8, 4) is 0 Å². The van der Waals surface area contributed by atoms with Crippen LogP contribution in [0, 0.1) is 0 Å². The van der Waals surface area contributed by atoms with Gasteiger partial charge in [-0.25, -0.2) is 18.0 Å². The first-order chi connectivity index (χ1) is 12.2. The predicted molar refractivity (Wildman–Crippen MR) is 97.8 cm³/mol. The molecule has 0 bridgehead atoms. The summed E-state index contributed by atoms with van der Waals surface area (Å²) in [7, 11) is -3.51. The second-order valence-electron chi connectivity index (χ2n) is 5.64. The van der Waals surface area contributed by atoms with Crippen LogP contribution in [0.2, 0.25) is 0 Å². The highest BCUT2D eigenvalue weighted by atomic mass is 32.2. The largest absolute Gasteiger partial charge is 0.460 e. The fraction of sp³-hybridized carbons (Fsp3) is 0.444. The molecule has 0 amide bonds. The highest BCUT2D eigenvalue weighted by Crippen LogP contribution is 2.16. The predicted octanol–water partition coefficient (Wildman–Crippen LogP) is 2.23. The van der Waals surface area contributed by atoms with Gasteiger partial charge < -0.3 is 9.47 Å². The molecule has 144 valence electrons. The van der Waals surface area contributed by atoms with E-state index in [1.807, 2.05) is 0 Å². The third kappa shape index (κ3) is 6.61. The van der Waals surface area contributed by atoms with Gasteiger partial charge in [0, 0.05) is 19.2 Å². The maximum atomic E-state index is 12.4. The molecule has 0 aromatic heterocycles. The summed E-state index contributed by atoms with van der Waals surface area (Å²) in [6.07, 6.45) is 2.36. The average Bonchev–Trinajstić information content (AvgIpc) is 2.58. The van der Waals surface area contributed by atoms with E-state index >= 15 is 0 Å². The molecular weight excluding hydrogens is 358 g/mol. The Kier molecular flexibility index (Phi) is 8.47. The van der Waals surface area contributed by atoms with Gasteiger partial charge in [0.15, 0.2) is 6.61 Å². The van der Waals surface area contributed by atoms with Crippen molar-refractivity contribution in [3.63, 3.8) is 0 Å². The molecule has 0 radical (unpaired) electrons. The van der Waals surface area contributed by atoms with Gasteiger partial charge in [0.05, 0.1) is 11.0 Å². The van der Waals surface area contributed by atoms with Crippen molar-refractivity contribution >= 4 is 28.0 Å². The van der Waals surface area contributed by atoms with E-state index in [9.17, 15) is 18.0 Å². The van der Waals surface area contributed by atoms with Crippen LogP contribution < -0.4 is 0 Å². The third-order valence-corrected chi connectivity index (χ3v) is 5.40. The van der Waals surface area contributed by atoms with Gasteiger partial charge in [-0.05, 0) is 37.6 Å². The second-order valence-corrected chi connectivity index (χ2v) is 7.58. The van der Waals surface area contributed by atoms with Gasteiger partial charge in [-0.3, -0.25) is 0 Å². The summed E-state index contributed by atoms with van der Waals surface area (Å²) in [6, 6.07) is 6.15. The Morgan fingerprint density at radius 1 is 1.12 bits per heavy atom. The number of benzene rings is 1. The molecule has 0 spiro atoms. The van der Waals surface area contributed by atoms with E-state index in [-0.39, 0.29) is 11.0 Å². The van der Waals surface area contributed by atoms with Gasteiger partial charge >= 0.3 is 11.9 Å². The third-order valence-electron chi connectivity index (χ3n) is 3.33. The van der Waals surface area contributed by atoms with Crippen LogP contribution in [0.1, 0.15) is 33.3 Å². The molecule has 1 rings (SSSR count). The fourth-order valence-corrected chi connectivity index (χ4v) is 3.56. The lowest BCUT2D eigenvalue weighted by atomic mass is 10.2. The Hall–Kier alpha value is -2.19. The van der Waals surface area contributed by atoms with Crippen molar-refractivity contribution in [1.29, 1.82) is 0 Å². The van der Waals surface area contributed by atoms with Crippen LogP contribution in [0.25, 0.3) is 6.08 Å². The first-order valence-electron chi connectivity index (χ1n) is 8.35. The lowest BCUT2D eigenvalue weighted by Crippen LogP contribution is -2.30. The molecule has 0 saturated carbocycles. The van der Waals surface area contributed by atoms with Crippen molar-refractivity contribution < 1.29 is 27.5 Å². The molecule has 0 aliphatic rings. The van der Waals surface area contributed by atoms with Crippen LogP contribution in [0.3, 0.4) is 0 Å². The van der Waals surface area contributed by atoms with Gasteiger partial charge in [0.25, 0.3) is 0 Å². The molecule has 8 heteroatoms. The van der Waals surface area contributed by atoms with E-state index in [1.165, 1.54) is 22.5 Å². The second kappa shape index (κ2) is 10.1. The zero-order valence-corrected chi connectivity index (χ0v) is 16.3. The van der Waals surface area contributed by atoms with Crippen molar-refractivity contribution in [1.82, 2.24) is 4.31 Å². The summed E-state index contributed by atoms with van der Waals surface area (Å²) >= 11 is 0. The smallest absolute Gasteiger partial charge is 0.344 e. The lowest BCUT2D eigenvalue weighted by Gasteiger charge is -2.18. The van der Waals surface area contributed by atoms with Crippen molar-refractivity contribution in [2.75, 3.05) is 19.7 Å². The van der Waals surface area contributed by atoms with Gasteiger partial charge in [0.2, 0.25) is 10.0 Å². The highest BCUT2D eigenvalue weighted by Gasteiger charge is 2.20. The summed E-state index contributed by atoms with van der Waals surface area (Å²) in [5.41, 5.74) is 0.630. The molecule has 0 unspecified atom stereocenters. The summed E-state index contributed by atoms with van der Waals surface area (Å²) in [5, 5.41) is 0. The van der Waals surface area contributed by atoms with Gasteiger partial charge in [-0.15, -0.1) is 0 Å². The van der Waals surface area contributed by atoms with Crippen LogP contribution in [0.15, 0.2) is 35.2 Å². The number of nitrogens with zero attached hydrogens (tertiary/aromatic N) is 1. The molecule has 1 aromatic carbocycles. The van der Waals surface area contributed by atoms with Crippen molar-refractivity contribution in [2.24, 2.45) is 0 Å². The van der Waals surface area contributed by atoms with Crippen LogP contribution >= 0.6 is 0 Å². The molecule has 1 aromatic rings. The number of carbonyl (C=O) groups excluding carboxylic acids is 2. The van der Waals surface area contributed by atoms with Crippen LogP contribution in [-0.4, -0.2) is 50.5 Å². The number of sulfonamides is 1. The number of hydrogen-bond donors (Lipinski definition) is 0. The molecular formula is C18H25NO6S. The van der Waals surface area contributed by atoms with Crippen LogP contribution in [-0.2, 0) is 29.1 Å². The van der Waals surface area contributed by atoms with E-state index in [2.05, 4.69) is 0 Å². The molecule has 0 aliphatic carbocycles. The number of rotatable bonds is 9. The molecule has 0 saturated heterocycles. The summed E-state index contributed by atoms with van der Waals surface area (Å²) < 4.78 is 35.7. The summed E-state index contributed by atoms with van der Waals surface area (Å²) in [5.74, 6) is -1.31. The minimum absolute atomic E-state index is 0.192. The number of esters is 2. The molecule has 0 aliphatic heterocycles. The molecule has 26 heavy (non-hydrogen) atoms. The molecule has 7 nitrogen and oxygen atoms in total. The topological polar surface area (TPSA) is 90.0 Å². The Morgan fingerprint density at radius 2 is 1.69 bits per heavy atom. The number of ether oxygens (including phenoxy) is 2. The highest BCUT2D eigenvalue weighted by molar-refractivity contribution is 7.89. The average molecular weight is 383 g/mol. The maximum Gasteiger partial charge on any atom is 0.344 e. The zero-order valence-electron chi connectivity index (χ0n) is 15.5. The van der Waals surface area contributed by atoms with Gasteiger partial charge in [-0.1, -0.05) is 26.0 Å². The van der Waals surface area contributed by atoms with E-state index < -0.39 is 28.6 Å². The number of hydrogen-bond acceptors (Lipinski definition) is 6. The fourth-order valence-electron chi connectivity index (χ4n) is 2.10. The monoisotopic (exact) mass is 383 g/mol. The molecule has 0 fully saturated rings. The van der Waals surface area contributed by atoms with E-state index in [0.717, 1.165) is 6.08 Å².